The van der Waals surface area contributed by atoms with Crippen LogP contribution in [0.25, 0.3) is 22.2 Å². The number of aryl methyl sites for hydroxylation is 1. The molecule has 2 amide bonds. The first-order valence-electron chi connectivity index (χ1n) is 15.3. The Morgan fingerprint density at radius 3 is 2.52 bits per heavy atom. The quantitative estimate of drug-likeness (QED) is 0.240. The van der Waals surface area contributed by atoms with Gasteiger partial charge in [-0.05, 0) is 38.5 Å². The molecule has 0 radical (unpaired) electrons. The molecular weight excluding hydrogens is 661 g/mol. The second-order valence-electron chi connectivity index (χ2n) is 11.4. The number of methoxy groups -OCH3 is 2. The number of pyridine rings is 1. The summed E-state index contributed by atoms with van der Waals surface area (Å²) in [6, 6.07) is 2.49. The van der Waals surface area contributed by atoms with Crippen LogP contribution >= 0.6 is 23.2 Å². The standard InChI is InChI=1S/C33H37Cl2N7O6/c1-6-8-27(44)41-12-11-40(3)20(16-41)9-10-42-31-19(15-36-33(39-31)38-23-18-48-17-22(23)37-26(43)7-2)13-21(32(42)45)28-29(34)24(46-4)14-25(47-5)30(28)35/h7,13-15,20,22-23H,2,9-12,16-18H2,1,3-5H3,(H,37,43)(H,36,38,39)/t20?,22-,23+/m0/s1. The molecule has 0 spiro atoms. The Morgan fingerprint density at radius 1 is 1.15 bits per heavy atom. The van der Waals surface area contributed by atoms with Crippen molar-refractivity contribution in [1.29, 1.82) is 0 Å². The van der Waals surface area contributed by atoms with Crippen LogP contribution in [0.15, 0.2) is 35.8 Å². The van der Waals surface area contributed by atoms with Crippen LogP contribution in [0, 0.1) is 11.8 Å². The summed E-state index contributed by atoms with van der Waals surface area (Å²) >= 11 is 13.5. The van der Waals surface area contributed by atoms with Gasteiger partial charge in [0.1, 0.15) is 17.1 Å². The van der Waals surface area contributed by atoms with E-state index < -0.39 is 5.56 Å². The van der Waals surface area contributed by atoms with Gasteiger partial charge in [-0.25, -0.2) is 4.98 Å². The van der Waals surface area contributed by atoms with E-state index in [2.05, 4.69) is 38.9 Å². The maximum Gasteiger partial charge on any atom is 0.298 e. The Kier molecular flexibility index (Phi) is 11.1. The highest BCUT2D eigenvalue weighted by Crippen LogP contribution is 2.45. The Morgan fingerprint density at radius 2 is 1.85 bits per heavy atom. The summed E-state index contributed by atoms with van der Waals surface area (Å²) < 4.78 is 18.1. The van der Waals surface area contributed by atoms with E-state index in [1.165, 1.54) is 20.3 Å². The van der Waals surface area contributed by atoms with Gasteiger partial charge in [-0.1, -0.05) is 35.7 Å². The van der Waals surface area contributed by atoms with Crippen molar-refractivity contribution in [2.75, 3.05) is 59.4 Å². The maximum absolute atomic E-state index is 14.5. The number of carbonyl (C=O) groups excluding carboxylic acids is 2. The van der Waals surface area contributed by atoms with Gasteiger partial charge >= 0.3 is 0 Å². The minimum Gasteiger partial charge on any atom is -0.495 e. The number of piperazine rings is 1. The number of hydrogen-bond donors (Lipinski definition) is 2. The van der Waals surface area contributed by atoms with Crippen molar-refractivity contribution in [1.82, 2.24) is 29.7 Å². The molecule has 1 unspecified atom stereocenters. The average Bonchev–Trinajstić information content (AvgIpc) is 3.51. The van der Waals surface area contributed by atoms with E-state index in [4.69, 9.17) is 42.4 Å². The van der Waals surface area contributed by atoms with Crippen LogP contribution in [0.1, 0.15) is 13.3 Å². The second kappa shape index (κ2) is 15.3. The highest BCUT2D eigenvalue weighted by molar-refractivity contribution is 6.41. The number of carbonyl (C=O) groups is 2. The molecule has 0 aliphatic carbocycles. The molecule has 5 rings (SSSR count). The van der Waals surface area contributed by atoms with Gasteiger partial charge in [0.15, 0.2) is 0 Å². The summed E-state index contributed by atoms with van der Waals surface area (Å²) in [6.45, 7) is 7.70. The summed E-state index contributed by atoms with van der Waals surface area (Å²) in [5.41, 5.74) is 0.445. The van der Waals surface area contributed by atoms with E-state index in [9.17, 15) is 14.4 Å². The van der Waals surface area contributed by atoms with E-state index in [0.717, 1.165) is 0 Å². The Hall–Kier alpha value is -4.35. The van der Waals surface area contributed by atoms with E-state index >= 15 is 0 Å². The third-order valence-corrected chi connectivity index (χ3v) is 9.31. The lowest BCUT2D eigenvalue weighted by Gasteiger charge is -2.38. The van der Waals surface area contributed by atoms with E-state index in [1.807, 2.05) is 7.05 Å². The number of aromatic nitrogens is 3. The monoisotopic (exact) mass is 697 g/mol. The van der Waals surface area contributed by atoms with Crippen LogP contribution < -0.4 is 25.7 Å². The third-order valence-electron chi connectivity index (χ3n) is 8.56. The van der Waals surface area contributed by atoms with Gasteiger partial charge in [0.05, 0.1) is 55.1 Å². The molecule has 3 atom stereocenters. The van der Waals surface area contributed by atoms with Gasteiger partial charge in [0.25, 0.3) is 11.5 Å². The van der Waals surface area contributed by atoms with Crippen LogP contribution in [0.5, 0.6) is 11.5 Å². The van der Waals surface area contributed by atoms with Crippen molar-refractivity contribution in [3.63, 3.8) is 0 Å². The molecule has 3 aromatic rings. The molecule has 2 saturated heterocycles. The SMILES string of the molecule is C=CC(=O)N[C@H]1COC[C@H]1Nc1ncc2cc(-c3c(Cl)c(OC)cc(OC)c3Cl)c(=O)n(CCC3CN(C(=O)C#CC)CCN3C)c2n1. The third kappa shape index (κ3) is 7.22. The van der Waals surface area contributed by atoms with Gasteiger partial charge < -0.3 is 29.7 Å². The lowest BCUT2D eigenvalue weighted by Crippen LogP contribution is -2.53. The predicted molar refractivity (Wildman–Crippen MR) is 184 cm³/mol. The molecule has 15 heteroatoms. The van der Waals surface area contributed by atoms with Crippen LogP contribution in [0.2, 0.25) is 10.0 Å². The zero-order chi connectivity index (χ0) is 34.5. The number of rotatable bonds is 10. The minimum atomic E-state index is -0.394. The molecule has 13 nitrogen and oxygen atoms in total. The fourth-order valence-corrected chi connectivity index (χ4v) is 6.59. The van der Waals surface area contributed by atoms with Crippen LogP contribution in [-0.4, -0.2) is 108 Å². The highest BCUT2D eigenvalue weighted by atomic mass is 35.5. The molecule has 2 fully saturated rings. The van der Waals surface area contributed by atoms with Gasteiger partial charge in [0.2, 0.25) is 11.9 Å². The second-order valence-corrected chi connectivity index (χ2v) is 12.2. The number of ether oxygens (including phenoxy) is 3. The lowest BCUT2D eigenvalue weighted by molar-refractivity contribution is -0.127. The molecule has 0 saturated carbocycles. The predicted octanol–water partition coefficient (Wildman–Crippen LogP) is 2.82. The normalized spacial score (nSPS) is 19.4. The van der Waals surface area contributed by atoms with E-state index in [-0.39, 0.29) is 75.1 Å². The lowest BCUT2D eigenvalue weighted by atomic mass is 10.0. The molecule has 2 aliphatic heterocycles. The molecule has 254 valence electrons. The molecule has 1 aromatic carbocycles. The van der Waals surface area contributed by atoms with Crippen LogP contribution in [-0.2, 0) is 20.9 Å². The molecule has 2 N–H and O–H groups in total. The zero-order valence-electron chi connectivity index (χ0n) is 27.1. The first-order valence-corrected chi connectivity index (χ1v) is 16.1. The Labute approximate surface area is 288 Å². The van der Waals surface area contributed by atoms with Crippen molar-refractivity contribution in [2.24, 2.45) is 0 Å². The largest absolute Gasteiger partial charge is 0.495 e. The summed E-state index contributed by atoms with van der Waals surface area (Å²) in [5.74, 6) is 5.58. The highest BCUT2D eigenvalue weighted by Gasteiger charge is 2.31. The number of hydrogen-bond acceptors (Lipinski definition) is 10. The van der Waals surface area contributed by atoms with E-state index in [1.54, 1.807) is 34.7 Å². The first-order chi connectivity index (χ1) is 23.1. The van der Waals surface area contributed by atoms with Crippen molar-refractivity contribution in [2.45, 2.75) is 38.0 Å². The number of anilines is 1. The van der Waals surface area contributed by atoms with Crippen LogP contribution in [0.4, 0.5) is 5.95 Å². The molecule has 48 heavy (non-hydrogen) atoms. The Balaban J connectivity index is 1.58. The van der Waals surface area contributed by atoms with Crippen molar-refractivity contribution in [3.8, 4) is 34.5 Å². The fraction of sp³-hybridized carbons (Fsp3) is 0.424. The fourth-order valence-electron chi connectivity index (χ4n) is 5.89. The minimum absolute atomic E-state index is 0.0552. The van der Waals surface area contributed by atoms with Crippen molar-refractivity contribution < 1.29 is 23.8 Å². The molecule has 0 bridgehead atoms. The topological polar surface area (TPSA) is 140 Å². The summed E-state index contributed by atoms with van der Waals surface area (Å²) in [5, 5.41) is 6.95. The smallest absolute Gasteiger partial charge is 0.298 e. The molecule has 2 aromatic heterocycles. The number of amides is 2. The Bertz CT molecular complexity index is 1830. The van der Waals surface area contributed by atoms with Gasteiger partial charge in [-0.3, -0.25) is 23.9 Å². The number of fused-ring (bicyclic) bond motifs is 1. The average molecular weight is 699 g/mol. The van der Waals surface area contributed by atoms with Gasteiger partial charge in [-0.15, -0.1) is 0 Å². The van der Waals surface area contributed by atoms with Gasteiger partial charge in [-0.2, -0.15) is 4.98 Å². The van der Waals surface area contributed by atoms with Crippen molar-refractivity contribution >= 4 is 52.0 Å². The number of nitrogens with zero attached hydrogens (tertiary/aromatic N) is 5. The van der Waals surface area contributed by atoms with Gasteiger partial charge in [0, 0.05) is 55.4 Å². The number of likely N-dealkylation sites (N-methyl/N-ethyl adjacent to an activating group) is 1. The summed E-state index contributed by atoms with van der Waals surface area (Å²) in [7, 11) is 4.92. The van der Waals surface area contributed by atoms with Crippen LogP contribution in [0.3, 0.4) is 0 Å². The number of benzene rings is 1. The summed E-state index contributed by atoms with van der Waals surface area (Å²) in [6.07, 6.45) is 3.32. The van der Waals surface area contributed by atoms with E-state index in [0.29, 0.717) is 50.3 Å². The molecule has 2 aliphatic rings. The maximum atomic E-state index is 14.5. The first kappa shape index (κ1) is 35.0. The van der Waals surface area contributed by atoms with Crippen molar-refractivity contribution in [3.05, 3.63) is 51.4 Å². The molecular formula is C33H37Cl2N7O6. The number of nitrogens with one attached hydrogen (secondary N) is 2. The molecule has 4 heterocycles. The number of halogens is 2. The zero-order valence-corrected chi connectivity index (χ0v) is 28.7. The summed E-state index contributed by atoms with van der Waals surface area (Å²) in [4.78, 5) is 52.2.